The molecule has 4 rings (SSSR count). The molecule has 2 aliphatic heterocycles. The first-order valence-corrected chi connectivity index (χ1v) is 12.4. The van der Waals surface area contributed by atoms with E-state index in [0.29, 0.717) is 18.1 Å². The Balaban J connectivity index is 1.43. The van der Waals surface area contributed by atoms with E-state index in [0.717, 1.165) is 23.5 Å². The van der Waals surface area contributed by atoms with E-state index in [9.17, 15) is 4.79 Å². The van der Waals surface area contributed by atoms with Crippen LogP contribution in [0.15, 0.2) is 34.5 Å². The number of rotatable bonds is 6. The number of thiophene rings is 1. The lowest BCUT2D eigenvalue weighted by Gasteiger charge is -2.43. The fourth-order valence-electron chi connectivity index (χ4n) is 5.18. The van der Waals surface area contributed by atoms with Crippen LogP contribution >= 0.6 is 23.1 Å². The third-order valence-corrected chi connectivity index (χ3v) is 8.67. The topological polar surface area (TPSA) is 41.6 Å². The number of ether oxygens (including phenoxy) is 1. The van der Waals surface area contributed by atoms with E-state index in [2.05, 4.69) is 42.3 Å². The first-order valence-electron chi connectivity index (χ1n) is 10.4. The highest BCUT2D eigenvalue weighted by Crippen LogP contribution is 2.42. The van der Waals surface area contributed by atoms with E-state index in [1.54, 1.807) is 30.2 Å². The van der Waals surface area contributed by atoms with Crippen LogP contribution in [0, 0.1) is 6.92 Å². The van der Waals surface area contributed by atoms with Gasteiger partial charge >= 0.3 is 0 Å². The Kier molecular flexibility index (Phi) is 6.23. The van der Waals surface area contributed by atoms with Crippen molar-refractivity contribution in [2.45, 2.75) is 67.9 Å². The molecule has 4 nitrogen and oxygen atoms in total. The second-order valence-corrected chi connectivity index (χ2v) is 10.4. The van der Waals surface area contributed by atoms with Crippen molar-refractivity contribution in [2.75, 3.05) is 13.4 Å². The highest BCUT2D eigenvalue weighted by Gasteiger charge is 2.43. The van der Waals surface area contributed by atoms with Gasteiger partial charge in [0, 0.05) is 24.2 Å². The van der Waals surface area contributed by atoms with E-state index < -0.39 is 0 Å². The van der Waals surface area contributed by atoms with Crippen LogP contribution in [0.4, 0.5) is 0 Å². The summed E-state index contributed by atoms with van der Waals surface area (Å²) in [4.78, 5) is 16.2. The molecule has 3 atom stereocenters. The molecule has 0 spiro atoms. The quantitative estimate of drug-likeness (QED) is 0.634. The second-order valence-electron chi connectivity index (χ2n) is 8.20. The molecule has 0 radical (unpaired) electrons. The SMILES string of the molecule is COc1ccc(C(C)N2C3CCC2CC(NC(=O)c2ccc(SC)s2)C3)c(C)c1. The highest BCUT2D eigenvalue weighted by atomic mass is 32.2. The number of amides is 1. The number of hydrogen-bond acceptors (Lipinski definition) is 5. The molecule has 0 aliphatic carbocycles. The first-order chi connectivity index (χ1) is 14.0. The van der Waals surface area contributed by atoms with Crippen LogP contribution in [0.5, 0.6) is 5.75 Å². The third-order valence-electron chi connectivity index (χ3n) is 6.51. The van der Waals surface area contributed by atoms with Crippen molar-refractivity contribution in [1.82, 2.24) is 10.2 Å². The van der Waals surface area contributed by atoms with Crippen LogP contribution in [0.2, 0.25) is 0 Å². The molecule has 3 unspecified atom stereocenters. The van der Waals surface area contributed by atoms with Gasteiger partial charge in [-0.15, -0.1) is 23.1 Å². The molecule has 3 heterocycles. The van der Waals surface area contributed by atoms with Gasteiger partial charge in [-0.1, -0.05) is 6.07 Å². The van der Waals surface area contributed by atoms with E-state index >= 15 is 0 Å². The lowest BCUT2D eigenvalue weighted by molar-refractivity contribution is 0.0691. The molecule has 2 aliphatic rings. The molecule has 156 valence electrons. The Hall–Kier alpha value is -1.50. The Morgan fingerprint density at radius 2 is 1.97 bits per heavy atom. The molecule has 1 amide bonds. The van der Waals surface area contributed by atoms with Gasteiger partial charge in [-0.2, -0.15) is 0 Å². The minimum absolute atomic E-state index is 0.0900. The molecular weight excluding hydrogens is 400 g/mol. The number of nitrogens with one attached hydrogen (secondary N) is 1. The van der Waals surface area contributed by atoms with E-state index in [1.165, 1.54) is 28.2 Å². The predicted molar refractivity (Wildman–Crippen MR) is 121 cm³/mol. The van der Waals surface area contributed by atoms with Gasteiger partial charge in [0.25, 0.3) is 5.91 Å². The molecule has 2 saturated heterocycles. The summed E-state index contributed by atoms with van der Waals surface area (Å²) in [5, 5.41) is 3.32. The van der Waals surface area contributed by atoms with Crippen molar-refractivity contribution in [3.05, 3.63) is 46.3 Å². The number of hydrogen-bond donors (Lipinski definition) is 1. The largest absolute Gasteiger partial charge is 0.497 e. The molecule has 2 aromatic rings. The van der Waals surface area contributed by atoms with Gasteiger partial charge in [-0.05, 0) is 81.2 Å². The molecule has 0 saturated carbocycles. The Morgan fingerprint density at radius 3 is 2.55 bits per heavy atom. The van der Waals surface area contributed by atoms with Crippen LogP contribution < -0.4 is 10.1 Å². The molecule has 1 aromatic heterocycles. The van der Waals surface area contributed by atoms with Gasteiger partial charge in [0.05, 0.1) is 16.2 Å². The minimum Gasteiger partial charge on any atom is -0.497 e. The maximum absolute atomic E-state index is 12.7. The van der Waals surface area contributed by atoms with Crippen LogP contribution in [-0.4, -0.2) is 42.3 Å². The molecule has 29 heavy (non-hydrogen) atoms. The van der Waals surface area contributed by atoms with Gasteiger partial charge in [0.2, 0.25) is 0 Å². The second kappa shape index (κ2) is 8.70. The van der Waals surface area contributed by atoms with Gasteiger partial charge in [-0.3, -0.25) is 9.69 Å². The fraction of sp³-hybridized carbons (Fsp3) is 0.522. The summed E-state index contributed by atoms with van der Waals surface area (Å²) < 4.78 is 6.56. The summed E-state index contributed by atoms with van der Waals surface area (Å²) in [6, 6.07) is 12.1. The number of nitrogens with zero attached hydrogens (tertiary/aromatic N) is 1. The highest BCUT2D eigenvalue weighted by molar-refractivity contribution is 8.00. The zero-order valence-electron chi connectivity index (χ0n) is 17.6. The minimum atomic E-state index is 0.0900. The number of piperidine rings is 1. The Labute approximate surface area is 182 Å². The normalized spacial score (nSPS) is 25.0. The average molecular weight is 431 g/mol. The van der Waals surface area contributed by atoms with Crippen molar-refractivity contribution in [3.63, 3.8) is 0 Å². The molecule has 6 heteroatoms. The van der Waals surface area contributed by atoms with Gasteiger partial charge in [0.1, 0.15) is 5.75 Å². The summed E-state index contributed by atoms with van der Waals surface area (Å²) in [7, 11) is 1.72. The fourth-order valence-corrected chi connectivity index (χ4v) is 6.62. The summed E-state index contributed by atoms with van der Waals surface area (Å²) >= 11 is 3.28. The number of aryl methyl sites for hydroxylation is 1. The average Bonchev–Trinajstić information content (AvgIpc) is 3.30. The molecule has 1 N–H and O–H groups in total. The third kappa shape index (κ3) is 4.21. The van der Waals surface area contributed by atoms with Crippen molar-refractivity contribution in [1.29, 1.82) is 0 Å². The van der Waals surface area contributed by atoms with E-state index in [1.807, 2.05) is 18.4 Å². The monoisotopic (exact) mass is 430 g/mol. The number of thioether (sulfide) groups is 1. The van der Waals surface area contributed by atoms with Gasteiger partial charge in [0.15, 0.2) is 0 Å². The van der Waals surface area contributed by atoms with Crippen LogP contribution in [0.3, 0.4) is 0 Å². The van der Waals surface area contributed by atoms with E-state index in [-0.39, 0.29) is 11.9 Å². The summed E-state index contributed by atoms with van der Waals surface area (Å²) in [5.74, 6) is 1.01. The van der Waals surface area contributed by atoms with Crippen LogP contribution in [0.1, 0.15) is 59.4 Å². The number of methoxy groups -OCH3 is 1. The van der Waals surface area contributed by atoms with Crippen molar-refractivity contribution < 1.29 is 9.53 Å². The standard InChI is InChI=1S/C23H30N2O2S2/c1-14-11-19(27-3)7-8-20(14)15(2)25-17-5-6-18(25)13-16(12-17)24-23(26)21-9-10-22(28-4)29-21/h7-11,15-18H,5-6,12-13H2,1-4H3,(H,24,26). The Bertz CT molecular complexity index is 868. The molecule has 1 aromatic carbocycles. The summed E-state index contributed by atoms with van der Waals surface area (Å²) in [5.41, 5.74) is 2.67. The Morgan fingerprint density at radius 1 is 1.24 bits per heavy atom. The van der Waals surface area contributed by atoms with Crippen molar-refractivity contribution in [2.24, 2.45) is 0 Å². The predicted octanol–water partition coefficient (Wildman–Crippen LogP) is 5.27. The lowest BCUT2D eigenvalue weighted by Crippen LogP contribution is -2.51. The van der Waals surface area contributed by atoms with Gasteiger partial charge in [-0.25, -0.2) is 0 Å². The zero-order valence-corrected chi connectivity index (χ0v) is 19.2. The number of carbonyl (C=O) groups is 1. The smallest absolute Gasteiger partial charge is 0.261 e. The first kappa shape index (κ1) is 20.8. The summed E-state index contributed by atoms with van der Waals surface area (Å²) in [6.07, 6.45) is 6.59. The lowest BCUT2D eigenvalue weighted by atomic mass is 9.92. The number of fused-ring (bicyclic) bond motifs is 2. The van der Waals surface area contributed by atoms with Crippen LogP contribution in [-0.2, 0) is 0 Å². The van der Waals surface area contributed by atoms with Gasteiger partial charge < -0.3 is 10.1 Å². The maximum atomic E-state index is 12.7. The molecular formula is C23H30N2O2S2. The van der Waals surface area contributed by atoms with Crippen molar-refractivity contribution >= 4 is 29.0 Å². The number of benzene rings is 1. The number of carbonyl (C=O) groups excluding carboxylic acids is 1. The molecule has 2 fully saturated rings. The van der Waals surface area contributed by atoms with Crippen LogP contribution in [0.25, 0.3) is 0 Å². The maximum Gasteiger partial charge on any atom is 0.261 e. The summed E-state index contributed by atoms with van der Waals surface area (Å²) in [6.45, 7) is 4.50. The van der Waals surface area contributed by atoms with Crippen molar-refractivity contribution in [3.8, 4) is 5.75 Å². The molecule has 2 bridgehead atoms. The van der Waals surface area contributed by atoms with E-state index in [4.69, 9.17) is 4.74 Å². The zero-order chi connectivity index (χ0) is 20.5.